The molecule has 0 saturated heterocycles. The minimum absolute atomic E-state index is 0. The molecule has 0 fully saturated rings. The third kappa shape index (κ3) is 45.9. The van der Waals surface area contributed by atoms with Crippen molar-refractivity contribution in [3.63, 3.8) is 0 Å². The number of benzene rings is 4. The van der Waals surface area contributed by atoms with E-state index in [1.54, 1.807) is 81.3 Å². The summed E-state index contributed by atoms with van der Waals surface area (Å²) in [6, 6.07) is 64.1. The first kappa shape index (κ1) is 104. The molecule has 14 nitrogen and oxygen atoms in total. The molecule has 16 rings (SSSR count). The van der Waals surface area contributed by atoms with Crippen LogP contribution < -0.4 is 0 Å². The van der Waals surface area contributed by atoms with Gasteiger partial charge in [-0.2, -0.15) is 0 Å². The molecule has 636 valence electrons. The van der Waals surface area contributed by atoms with Gasteiger partial charge in [0.1, 0.15) is 0 Å². The predicted molar refractivity (Wildman–Crippen MR) is 425 cm³/mol. The molecule has 4 aromatic carbocycles. The van der Waals surface area contributed by atoms with E-state index in [1.165, 1.54) is 0 Å². The first-order chi connectivity index (χ1) is 52.5. The van der Waals surface area contributed by atoms with Gasteiger partial charge in [-0.1, -0.05) is 97.1 Å². The smallest absolute Gasteiger partial charge is 0.412 e. The van der Waals surface area contributed by atoms with Crippen LogP contribution in [0.5, 0.6) is 0 Å². The Hall–Kier alpha value is -8.11. The van der Waals surface area contributed by atoms with Gasteiger partial charge in [0.25, 0.3) is 0 Å². The molecule has 16 aromatic rings. The Labute approximate surface area is 709 Å². The van der Waals surface area contributed by atoms with E-state index >= 15 is 0 Å². The number of hydrogen-bond donors (Lipinski definition) is 1. The van der Waals surface area contributed by atoms with Crippen LogP contribution in [0.4, 0.5) is 101 Å². The zero-order valence-corrected chi connectivity index (χ0v) is 71.9. The molecule has 0 bridgehead atoms. The molecule has 0 spiro atoms. The van der Waals surface area contributed by atoms with Crippen molar-refractivity contribution in [2.75, 3.05) is 6.61 Å². The summed E-state index contributed by atoms with van der Waals surface area (Å²) in [5, 5.41) is 16.7. The Bertz CT molecular complexity index is 5000. The molecule has 48 heteroatoms. The van der Waals surface area contributed by atoms with Crippen molar-refractivity contribution >= 4 is 182 Å². The summed E-state index contributed by atoms with van der Waals surface area (Å²) in [6.45, 7) is 1.93. The average molecular weight is 2190 g/mol. The van der Waals surface area contributed by atoms with Crippen LogP contribution in [-0.4, -0.2) is 77.0 Å². The van der Waals surface area contributed by atoms with Gasteiger partial charge in [0.05, 0.1) is 66.9 Å². The average Bonchev–Trinajstić information content (AvgIpc) is 0.916. The summed E-state index contributed by atoms with van der Waals surface area (Å²) in [4.78, 5) is 51.8. The molecule has 0 aliphatic heterocycles. The molecule has 0 aliphatic carbocycles. The van der Waals surface area contributed by atoms with Gasteiger partial charge in [-0.05, 0) is 168 Å². The van der Waals surface area contributed by atoms with Crippen LogP contribution in [0.2, 0.25) is 0 Å². The van der Waals surface area contributed by atoms with Crippen LogP contribution in [0.15, 0.2) is 286 Å². The van der Waals surface area contributed by atoms with Crippen LogP contribution in [0.1, 0.15) is 6.92 Å². The van der Waals surface area contributed by atoms with Gasteiger partial charge in [0, 0.05) is 142 Å². The number of aromatic nitrogens is 12. The number of halogens is 28. The minimum atomic E-state index is -10.7. The van der Waals surface area contributed by atoms with Crippen molar-refractivity contribution in [2.45, 2.75) is 6.92 Å². The van der Waals surface area contributed by atoms with Crippen molar-refractivity contribution < 1.29 is 150 Å². The fourth-order valence-electron chi connectivity index (χ4n) is 8.83. The Morgan fingerprint density at radius 1 is 0.220 bits per heavy atom. The number of pyridine rings is 12. The third-order valence-electron chi connectivity index (χ3n) is 12.8. The second-order valence-corrected chi connectivity index (χ2v) is 33.8. The number of hydrogen-bond acceptors (Lipinski definition) is 13. The fourth-order valence-corrected chi connectivity index (χ4v) is 9.77. The Morgan fingerprint density at radius 3 is 0.424 bits per heavy atom. The van der Waals surface area contributed by atoms with Gasteiger partial charge in [-0.25, -0.2) is 0 Å². The Morgan fingerprint density at radius 2 is 0.331 bits per heavy atom. The van der Waals surface area contributed by atoms with Crippen molar-refractivity contribution in [3.05, 3.63) is 286 Å². The third-order valence-corrected chi connectivity index (χ3v) is 14.7. The van der Waals surface area contributed by atoms with Crippen LogP contribution >= 0.6 is 95.0 Å². The zero-order valence-electron chi connectivity index (χ0n) is 58.5. The molecule has 0 amide bonds. The van der Waals surface area contributed by atoms with Crippen molar-refractivity contribution in [2.24, 2.45) is 0 Å². The van der Waals surface area contributed by atoms with Crippen LogP contribution in [0.3, 0.4) is 0 Å². The number of fused-ring (bicyclic) bond motifs is 12. The molecule has 118 heavy (non-hydrogen) atoms. The molecular formula is C70H52Br4F24N12O2P4Ru2. The summed E-state index contributed by atoms with van der Waals surface area (Å²) in [5.74, 6) is 0. The summed E-state index contributed by atoms with van der Waals surface area (Å²) in [5.41, 5.74) is 11.3. The minimum Gasteiger partial charge on any atom is -0.412 e. The second kappa shape index (κ2) is 38.7. The number of nitrogens with zero attached hydrogens (tertiary/aromatic N) is 12. The topological polar surface area (TPSA) is 206 Å². The quantitative estimate of drug-likeness (QED) is 0.0741. The fraction of sp³-hybridized carbons (Fsp3) is 0.0286. The van der Waals surface area contributed by atoms with E-state index < -0.39 is 31.2 Å². The molecular weight excluding hydrogens is 2140 g/mol. The van der Waals surface area contributed by atoms with Gasteiger partial charge in [-0.15, -0.1) is 0 Å². The maximum absolute atomic E-state index is 10.7. The van der Waals surface area contributed by atoms with E-state index in [-0.39, 0.29) is 51.0 Å². The molecule has 3 N–H and O–H groups in total. The van der Waals surface area contributed by atoms with Crippen molar-refractivity contribution in [1.82, 2.24) is 59.8 Å². The molecule has 0 atom stereocenters. The molecule has 12 heterocycles. The monoisotopic (exact) mass is 2190 g/mol. The summed E-state index contributed by atoms with van der Waals surface area (Å²) >= 11 is 13.4. The standard InChI is InChI=1S/4C12H8N2.2C10H6Br2N2.C2H6O.4F6P.H2O.2Ru/c4*1-3-9-5-6-10-4-2-8-14-12(10)11(9)13-7-1;2*11-7-1-3-9(13-5-7)10-4-2-8(12)6-14-10;1-2-3;4*1-7(2,3,4,5)6;;;/h4*1-8H;2*1-6H;3H,2H2,1H3;;;;;1H2;;/q;;;;;;;4*-1;;2*+2. The first-order valence-electron chi connectivity index (χ1n) is 31.2. The first-order valence-corrected chi connectivity index (χ1v) is 42.5. The van der Waals surface area contributed by atoms with Crippen LogP contribution in [0, 0.1) is 0 Å². The molecule has 12 aromatic heterocycles. The van der Waals surface area contributed by atoms with E-state index in [0.29, 0.717) is 0 Å². The Kier molecular flexibility index (Phi) is 34.2. The normalized spacial score (nSPS) is 13.2. The van der Waals surface area contributed by atoms with Crippen LogP contribution in [-0.2, 0) is 39.0 Å². The van der Waals surface area contributed by atoms with Crippen molar-refractivity contribution in [3.8, 4) is 22.8 Å². The van der Waals surface area contributed by atoms with Gasteiger partial charge in [-0.3, -0.25) is 59.8 Å². The summed E-state index contributed by atoms with van der Waals surface area (Å²) in [7, 11) is -42.6. The van der Waals surface area contributed by atoms with E-state index in [2.05, 4.69) is 221 Å². The maximum atomic E-state index is 9.87. The van der Waals surface area contributed by atoms with Gasteiger partial charge in [0.15, 0.2) is 0 Å². The predicted octanol–water partition coefficient (Wildman–Crippen LogP) is 31.2. The second-order valence-electron chi connectivity index (χ2n) is 22.5. The van der Waals surface area contributed by atoms with Gasteiger partial charge in [0.2, 0.25) is 0 Å². The van der Waals surface area contributed by atoms with E-state index in [4.69, 9.17) is 5.11 Å². The largest absolute Gasteiger partial charge is 2.00 e. The molecule has 0 aliphatic rings. The maximum Gasteiger partial charge on any atom is 2.00 e. The zero-order chi connectivity index (χ0) is 85.8. The summed E-state index contributed by atoms with van der Waals surface area (Å²) in [6.07, 6.45) is 21.5. The SMILES string of the molecule is Brc1ccc(-c2ccc(Br)cn2)nc1.Brc1ccc(-c2ccc(Br)cn2)nc1.CCO.F[P-](F)(F)(F)(F)F.F[P-](F)(F)(F)(F)F.F[P-](F)(F)(F)(F)F.F[P-](F)(F)(F)(F)F.O.[Ru+2].[Ru+2].c1cnc2c(c1)ccc1cccnc12.c1cnc2c(c1)ccc1cccnc12.c1cnc2c(c1)ccc1cccnc12.c1cnc2c(c1)ccc1cccnc12. The van der Waals surface area contributed by atoms with E-state index in [0.717, 1.165) is 128 Å². The Balaban J connectivity index is 0.000000341. The van der Waals surface area contributed by atoms with E-state index in [1.807, 2.05) is 97.1 Å². The summed E-state index contributed by atoms with van der Waals surface area (Å²) < 4.78 is 241. The van der Waals surface area contributed by atoms with Gasteiger partial charge >= 0.3 is 171 Å². The van der Waals surface area contributed by atoms with Crippen LogP contribution in [0.25, 0.3) is 110 Å². The number of aliphatic hydroxyl groups is 1. The molecule has 0 unspecified atom stereocenters. The van der Waals surface area contributed by atoms with Gasteiger partial charge < -0.3 is 10.6 Å². The van der Waals surface area contributed by atoms with Crippen molar-refractivity contribution in [1.29, 1.82) is 0 Å². The molecule has 0 radical (unpaired) electrons. The number of aliphatic hydroxyl groups excluding tert-OH is 1. The number of rotatable bonds is 2. The van der Waals surface area contributed by atoms with E-state index in [9.17, 15) is 101 Å². The molecule has 0 saturated carbocycles.